The number of carbonyl (C=O) groups excluding carboxylic acids is 1. The van der Waals surface area contributed by atoms with Gasteiger partial charge in [0.25, 0.3) is 5.69 Å². The van der Waals surface area contributed by atoms with Crippen LogP contribution in [0, 0.1) is 10.1 Å². The van der Waals surface area contributed by atoms with E-state index in [1.54, 1.807) is 31.7 Å². The van der Waals surface area contributed by atoms with Crippen molar-refractivity contribution in [1.29, 1.82) is 0 Å². The highest BCUT2D eigenvalue weighted by atomic mass is 35.5. The Balaban J connectivity index is 2.04. The third-order valence-electron chi connectivity index (χ3n) is 4.61. The van der Waals surface area contributed by atoms with Crippen LogP contribution < -0.4 is 9.64 Å². The molecule has 0 saturated heterocycles. The average molecular weight is 445 g/mol. The molecule has 0 amide bonds. The minimum absolute atomic E-state index is 0.177. The molecule has 31 heavy (non-hydrogen) atoms. The van der Waals surface area contributed by atoms with E-state index in [1.807, 2.05) is 24.3 Å². The number of imidazole rings is 1. The van der Waals surface area contributed by atoms with Gasteiger partial charge in [-0.3, -0.25) is 10.1 Å². The number of nitro benzene ring substituents is 1. The number of ether oxygens (including phenoxy) is 2. The van der Waals surface area contributed by atoms with Gasteiger partial charge in [0.1, 0.15) is 11.4 Å². The maximum absolute atomic E-state index is 12.8. The molecule has 0 radical (unpaired) electrons. The van der Waals surface area contributed by atoms with Crippen molar-refractivity contribution >= 4 is 34.8 Å². The molecular formula is C21H21ClN4O5. The van der Waals surface area contributed by atoms with Crippen molar-refractivity contribution < 1.29 is 19.2 Å². The van der Waals surface area contributed by atoms with Crippen LogP contribution in [-0.4, -0.2) is 41.2 Å². The van der Waals surface area contributed by atoms with Gasteiger partial charge in [0.15, 0.2) is 11.5 Å². The number of methoxy groups -OCH3 is 1. The van der Waals surface area contributed by atoms with Crippen LogP contribution in [0.5, 0.6) is 5.75 Å². The van der Waals surface area contributed by atoms with E-state index in [4.69, 9.17) is 21.1 Å². The number of carbonyl (C=O) groups is 1. The van der Waals surface area contributed by atoms with Gasteiger partial charge in [-0.2, -0.15) is 0 Å². The highest BCUT2D eigenvalue weighted by Gasteiger charge is 2.27. The maximum atomic E-state index is 12.8. The summed E-state index contributed by atoms with van der Waals surface area (Å²) in [7, 11) is 3.18. The van der Waals surface area contributed by atoms with E-state index in [-0.39, 0.29) is 34.5 Å². The van der Waals surface area contributed by atoms with Gasteiger partial charge in [0.05, 0.1) is 25.0 Å². The summed E-state index contributed by atoms with van der Waals surface area (Å²) in [6.07, 6.45) is 1.50. The Morgan fingerprint density at radius 1 is 1.26 bits per heavy atom. The Bertz CT molecular complexity index is 1100. The predicted octanol–water partition coefficient (Wildman–Crippen LogP) is 4.45. The lowest BCUT2D eigenvalue weighted by Crippen LogP contribution is -2.19. The normalized spacial score (nSPS) is 10.6. The van der Waals surface area contributed by atoms with Crippen molar-refractivity contribution in [2.45, 2.75) is 13.5 Å². The molecular weight excluding hydrogens is 424 g/mol. The van der Waals surface area contributed by atoms with Gasteiger partial charge in [-0.1, -0.05) is 23.7 Å². The van der Waals surface area contributed by atoms with Crippen LogP contribution in [0.4, 0.5) is 17.2 Å². The van der Waals surface area contributed by atoms with Crippen molar-refractivity contribution in [2.24, 2.45) is 0 Å². The van der Waals surface area contributed by atoms with E-state index in [0.717, 1.165) is 11.3 Å². The third-order valence-corrected chi connectivity index (χ3v) is 4.85. The summed E-state index contributed by atoms with van der Waals surface area (Å²) in [5, 5.41) is 11.8. The first-order chi connectivity index (χ1) is 14.8. The Labute approximate surface area is 183 Å². The van der Waals surface area contributed by atoms with Crippen LogP contribution in [0.1, 0.15) is 23.0 Å². The lowest BCUT2D eigenvalue weighted by atomic mass is 10.2. The number of aromatic nitrogens is 2. The smallest absolute Gasteiger partial charge is 0.358 e. The molecule has 9 nitrogen and oxygen atoms in total. The molecule has 10 heteroatoms. The van der Waals surface area contributed by atoms with Crippen LogP contribution in [0.2, 0.25) is 5.02 Å². The molecule has 3 rings (SSSR count). The van der Waals surface area contributed by atoms with Gasteiger partial charge >= 0.3 is 5.97 Å². The zero-order valence-electron chi connectivity index (χ0n) is 17.2. The maximum Gasteiger partial charge on any atom is 0.358 e. The average Bonchev–Trinajstić information content (AvgIpc) is 3.17. The summed E-state index contributed by atoms with van der Waals surface area (Å²) in [6.45, 7) is 2.23. The number of nitrogens with zero attached hydrogens (tertiary/aromatic N) is 4. The number of anilines is 2. The quantitative estimate of drug-likeness (QED) is 0.287. The van der Waals surface area contributed by atoms with E-state index >= 15 is 0 Å². The zero-order chi connectivity index (χ0) is 22.5. The van der Waals surface area contributed by atoms with Crippen molar-refractivity contribution in [2.75, 3.05) is 25.7 Å². The van der Waals surface area contributed by atoms with E-state index < -0.39 is 10.9 Å². The second-order valence-electron chi connectivity index (χ2n) is 6.56. The summed E-state index contributed by atoms with van der Waals surface area (Å²) >= 11 is 5.92. The van der Waals surface area contributed by atoms with E-state index in [2.05, 4.69) is 4.98 Å². The molecule has 0 aliphatic carbocycles. The first-order valence-electron chi connectivity index (χ1n) is 9.38. The summed E-state index contributed by atoms with van der Waals surface area (Å²) < 4.78 is 12.0. The molecule has 0 saturated carbocycles. The molecule has 0 aliphatic rings. The Kier molecular flexibility index (Phi) is 6.76. The van der Waals surface area contributed by atoms with Crippen LogP contribution in [-0.2, 0) is 11.3 Å². The predicted molar refractivity (Wildman–Crippen MR) is 116 cm³/mol. The molecule has 0 bridgehead atoms. The Morgan fingerprint density at radius 2 is 1.97 bits per heavy atom. The minimum Gasteiger partial charge on any atom is -0.497 e. The lowest BCUT2D eigenvalue weighted by molar-refractivity contribution is -0.384. The second kappa shape index (κ2) is 9.48. The molecule has 0 spiro atoms. The van der Waals surface area contributed by atoms with Crippen LogP contribution in [0.3, 0.4) is 0 Å². The monoisotopic (exact) mass is 444 g/mol. The fourth-order valence-corrected chi connectivity index (χ4v) is 3.28. The molecule has 1 aromatic heterocycles. The summed E-state index contributed by atoms with van der Waals surface area (Å²) in [5.74, 6) is 0.375. The Morgan fingerprint density at radius 3 is 2.58 bits per heavy atom. The van der Waals surface area contributed by atoms with Gasteiger partial charge in [-0.25, -0.2) is 9.78 Å². The number of nitro groups is 1. The highest BCUT2D eigenvalue weighted by molar-refractivity contribution is 6.31. The molecule has 1 heterocycles. The number of hydrogen-bond acceptors (Lipinski definition) is 7. The number of hydrogen-bond donors (Lipinski definition) is 0. The molecule has 162 valence electrons. The molecule has 0 N–H and O–H groups in total. The van der Waals surface area contributed by atoms with E-state index in [0.29, 0.717) is 6.54 Å². The van der Waals surface area contributed by atoms with Gasteiger partial charge in [-0.05, 0) is 36.8 Å². The molecule has 0 unspecified atom stereocenters. The van der Waals surface area contributed by atoms with Crippen LogP contribution in [0.25, 0.3) is 0 Å². The van der Waals surface area contributed by atoms with E-state index in [9.17, 15) is 14.9 Å². The largest absolute Gasteiger partial charge is 0.497 e. The highest BCUT2D eigenvalue weighted by Crippen LogP contribution is 2.35. The number of halogens is 1. The standard InChI is InChI=1S/C21H21ClN4O5/c1-4-31-21(27)19-20(24(2)17-10-7-15(22)11-18(17)26(28)29)23-13-25(19)12-14-5-8-16(30-3)9-6-14/h5-11,13H,4,12H2,1-3H3. The fourth-order valence-electron chi connectivity index (χ4n) is 3.11. The second-order valence-corrected chi connectivity index (χ2v) is 7.00. The van der Waals surface area contributed by atoms with Crippen LogP contribution >= 0.6 is 11.6 Å². The minimum atomic E-state index is -0.577. The number of rotatable bonds is 8. The van der Waals surface area contributed by atoms with Gasteiger partial charge in [0, 0.05) is 24.7 Å². The SMILES string of the molecule is CCOC(=O)c1c(N(C)c2ccc(Cl)cc2[N+](=O)[O-])ncn1Cc1ccc(OC)cc1. The number of benzene rings is 2. The van der Waals surface area contributed by atoms with Crippen molar-refractivity contribution in [3.8, 4) is 5.75 Å². The molecule has 3 aromatic rings. The third kappa shape index (κ3) is 4.77. The summed E-state index contributed by atoms with van der Waals surface area (Å²) in [6, 6.07) is 11.7. The summed E-state index contributed by atoms with van der Waals surface area (Å²) in [4.78, 5) is 29.6. The van der Waals surface area contributed by atoms with Crippen LogP contribution in [0.15, 0.2) is 48.8 Å². The first-order valence-corrected chi connectivity index (χ1v) is 9.76. The zero-order valence-corrected chi connectivity index (χ0v) is 18.0. The van der Waals surface area contributed by atoms with E-state index in [1.165, 1.54) is 23.4 Å². The molecule has 2 aromatic carbocycles. The molecule has 0 fully saturated rings. The first kappa shape index (κ1) is 22.1. The van der Waals surface area contributed by atoms with Crippen molar-refractivity contribution in [3.05, 3.63) is 75.2 Å². The summed E-state index contributed by atoms with van der Waals surface area (Å²) in [5.41, 5.74) is 1.14. The van der Waals surface area contributed by atoms with Gasteiger partial charge in [-0.15, -0.1) is 0 Å². The molecule has 0 aliphatic heterocycles. The molecule has 0 atom stereocenters. The number of esters is 1. The van der Waals surface area contributed by atoms with Gasteiger partial charge < -0.3 is 18.9 Å². The lowest BCUT2D eigenvalue weighted by Gasteiger charge is -2.19. The fraction of sp³-hybridized carbons (Fsp3) is 0.238. The topological polar surface area (TPSA) is 99.7 Å². The van der Waals surface area contributed by atoms with Crippen molar-refractivity contribution in [1.82, 2.24) is 9.55 Å². The van der Waals surface area contributed by atoms with Gasteiger partial charge in [0.2, 0.25) is 0 Å². The Hall–Kier alpha value is -3.59. The van der Waals surface area contributed by atoms with Crippen molar-refractivity contribution in [3.63, 3.8) is 0 Å².